The van der Waals surface area contributed by atoms with Crippen molar-refractivity contribution in [1.29, 1.82) is 0 Å². The van der Waals surface area contributed by atoms with E-state index in [0.29, 0.717) is 18.7 Å². The summed E-state index contributed by atoms with van der Waals surface area (Å²) in [6.07, 6.45) is 1.20. The van der Waals surface area contributed by atoms with Crippen LogP contribution in [0.15, 0.2) is 6.07 Å². The lowest BCUT2D eigenvalue weighted by atomic mass is 10.1. The molecule has 1 aliphatic heterocycles. The van der Waals surface area contributed by atoms with Crippen LogP contribution in [-0.2, 0) is 11.2 Å². The van der Waals surface area contributed by atoms with Gasteiger partial charge >= 0.3 is 0 Å². The van der Waals surface area contributed by atoms with Gasteiger partial charge in [-0.05, 0) is 6.07 Å². The topological polar surface area (TPSA) is 42.4 Å². The van der Waals surface area contributed by atoms with Crippen LogP contribution in [0.5, 0.6) is 5.88 Å². The molecular weight excluding hydrogens is 180 g/mol. The van der Waals surface area contributed by atoms with Crippen LogP contribution < -0.4 is 9.64 Å². The van der Waals surface area contributed by atoms with E-state index in [1.54, 1.807) is 25.1 Å². The van der Waals surface area contributed by atoms with Gasteiger partial charge in [0, 0.05) is 19.9 Å². The molecule has 0 saturated heterocycles. The minimum atomic E-state index is 0.123. The Morgan fingerprint density at radius 2 is 2.36 bits per heavy atom. The fraction of sp³-hybridized carbons (Fsp3) is 0.400. The van der Waals surface area contributed by atoms with Crippen molar-refractivity contribution in [2.75, 3.05) is 19.1 Å². The second-order valence-corrected chi connectivity index (χ2v) is 3.19. The highest BCUT2D eigenvalue weighted by atomic mass is 16.5. The van der Waals surface area contributed by atoms with Gasteiger partial charge < -0.3 is 9.64 Å². The van der Waals surface area contributed by atoms with E-state index in [-0.39, 0.29) is 5.91 Å². The maximum atomic E-state index is 11.4. The highest BCUT2D eigenvalue weighted by Gasteiger charge is 2.22. The normalized spacial score (nSPS) is 15.3. The van der Waals surface area contributed by atoms with Crippen LogP contribution in [0, 0.1) is 6.07 Å². The maximum absolute atomic E-state index is 11.4. The van der Waals surface area contributed by atoms with Crippen molar-refractivity contribution in [2.45, 2.75) is 12.8 Å². The first-order valence-electron chi connectivity index (χ1n) is 4.44. The number of aryl methyl sites for hydroxylation is 1. The molecule has 4 nitrogen and oxygen atoms in total. The van der Waals surface area contributed by atoms with Crippen molar-refractivity contribution >= 4 is 11.6 Å². The van der Waals surface area contributed by atoms with Crippen molar-refractivity contribution in [2.24, 2.45) is 0 Å². The molecule has 0 unspecified atom stereocenters. The zero-order chi connectivity index (χ0) is 10.1. The quantitative estimate of drug-likeness (QED) is 0.659. The summed E-state index contributed by atoms with van der Waals surface area (Å²) in [4.78, 5) is 17.2. The molecule has 1 aromatic heterocycles. The van der Waals surface area contributed by atoms with Crippen LogP contribution >= 0.6 is 0 Å². The Morgan fingerprint density at radius 1 is 1.57 bits per heavy atom. The Kier molecular flexibility index (Phi) is 2.11. The summed E-state index contributed by atoms with van der Waals surface area (Å²) in [5.41, 5.74) is 1.74. The lowest BCUT2D eigenvalue weighted by Gasteiger charge is -2.24. The number of amides is 1. The average molecular weight is 191 g/mol. The predicted molar refractivity (Wildman–Crippen MR) is 51.4 cm³/mol. The van der Waals surface area contributed by atoms with E-state index in [1.807, 2.05) is 0 Å². The lowest BCUT2D eigenvalue weighted by Crippen LogP contribution is -2.31. The van der Waals surface area contributed by atoms with E-state index < -0.39 is 0 Å². The van der Waals surface area contributed by atoms with Gasteiger partial charge in [0.1, 0.15) is 0 Å². The molecule has 0 aromatic carbocycles. The molecule has 73 valence electrons. The molecule has 0 bridgehead atoms. The number of aromatic nitrogens is 1. The average Bonchev–Trinajstić information content (AvgIpc) is 2.23. The minimum absolute atomic E-state index is 0.123. The summed E-state index contributed by atoms with van der Waals surface area (Å²) in [6, 6.07) is 4.62. The first-order chi connectivity index (χ1) is 6.72. The third kappa shape index (κ3) is 1.32. The number of hydrogen-bond donors (Lipinski definition) is 0. The van der Waals surface area contributed by atoms with Gasteiger partial charge in [-0.2, -0.15) is 0 Å². The Hall–Kier alpha value is -1.58. The molecular formula is C10H11N2O2. The zero-order valence-electron chi connectivity index (χ0n) is 8.20. The van der Waals surface area contributed by atoms with E-state index in [2.05, 4.69) is 11.1 Å². The molecule has 1 radical (unpaired) electrons. The van der Waals surface area contributed by atoms with Crippen LogP contribution in [0.4, 0.5) is 5.69 Å². The number of pyridine rings is 1. The number of anilines is 1. The summed E-state index contributed by atoms with van der Waals surface area (Å²) in [7, 11) is 3.31. The molecule has 0 aliphatic carbocycles. The Morgan fingerprint density at radius 3 is 3.07 bits per heavy atom. The Labute approximate surface area is 82.5 Å². The smallest absolute Gasteiger partial charge is 0.227 e. The largest absolute Gasteiger partial charge is 0.481 e. The van der Waals surface area contributed by atoms with Crippen LogP contribution in [0.1, 0.15) is 12.1 Å². The van der Waals surface area contributed by atoms with Gasteiger partial charge in [0.05, 0.1) is 24.6 Å². The van der Waals surface area contributed by atoms with Gasteiger partial charge in [0.15, 0.2) is 0 Å². The van der Waals surface area contributed by atoms with Gasteiger partial charge in [-0.25, -0.2) is 4.98 Å². The molecule has 4 heteroatoms. The summed E-state index contributed by atoms with van der Waals surface area (Å²) in [5, 5.41) is 0. The van der Waals surface area contributed by atoms with Crippen LogP contribution in [0.25, 0.3) is 0 Å². The van der Waals surface area contributed by atoms with Gasteiger partial charge in [-0.3, -0.25) is 4.79 Å². The van der Waals surface area contributed by atoms with Crippen molar-refractivity contribution < 1.29 is 9.53 Å². The highest BCUT2D eigenvalue weighted by molar-refractivity contribution is 5.95. The number of carbonyl (C=O) groups excluding carboxylic acids is 1. The van der Waals surface area contributed by atoms with E-state index in [1.165, 1.54) is 0 Å². The van der Waals surface area contributed by atoms with E-state index in [0.717, 1.165) is 11.4 Å². The highest BCUT2D eigenvalue weighted by Crippen LogP contribution is 2.26. The zero-order valence-corrected chi connectivity index (χ0v) is 8.20. The summed E-state index contributed by atoms with van der Waals surface area (Å²) in [5.74, 6) is 0.601. The minimum Gasteiger partial charge on any atom is -0.481 e. The Balaban J connectivity index is 2.43. The third-order valence-corrected chi connectivity index (χ3v) is 2.37. The first-order valence-corrected chi connectivity index (χ1v) is 4.44. The molecule has 0 saturated carbocycles. The molecule has 0 N–H and O–H groups in total. The predicted octanol–water partition coefficient (Wildman–Crippen LogP) is 0.799. The van der Waals surface area contributed by atoms with Crippen LogP contribution in [0.2, 0.25) is 0 Å². The Bertz CT molecular complexity index is 376. The molecule has 1 amide bonds. The van der Waals surface area contributed by atoms with Crippen molar-refractivity contribution in [3.63, 3.8) is 0 Å². The number of methoxy groups -OCH3 is 1. The van der Waals surface area contributed by atoms with Crippen molar-refractivity contribution in [3.05, 3.63) is 17.8 Å². The standard InChI is InChI=1S/C10H11N2O2/c1-12-8-4-5-9(14-2)11-7(8)3-6-10(12)13/h4H,3,6H2,1-2H3. The van der Waals surface area contributed by atoms with E-state index in [9.17, 15) is 4.79 Å². The lowest BCUT2D eigenvalue weighted by molar-refractivity contribution is -0.118. The maximum Gasteiger partial charge on any atom is 0.227 e. The molecule has 0 fully saturated rings. The number of carbonyl (C=O) groups is 1. The van der Waals surface area contributed by atoms with Crippen molar-refractivity contribution in [3.8, 4) is 5.88 Å². The van der Waals surface area contributed by atoms with Crippen LogP contribution in [-0.4, -0.2) is 25.0 Å². The first kappa shape index (κ1) is 8.99. The van der Waals surface area contributed by atoms with Gasteiger partial charge in [0.25, 0.3) is 0 Å². The molecule has 2 heterocycles. The molecule has 0 atom stereocenters. The summed E-state index contributed by atoms with van der Waals surface area (Å²) in [6.45, 7) is 0. The van der Waals surface area contributed by atoms with E-state index >= 15 is 0 Å². The monoisotopic (exact) mass is 191 g/mol. The summed E-state index contributed by atoms with van der Waals surface area (Å²) >= 11 is 0. The second kappa shape index (κ2) is 3.29. The summed E-state index contributed by atoms with van der Waals surface area (Å²) < 4.78 is 4.97. The third-order valence-electron chi connectivity index (χ3n) is 2.37. The fourth-order valence-corrected chi connectivity index (χ4v) is 1.53. The molecule has 1 aromatic rings. The molecule has 2 rings (SSSR count). The molecule has 0 spiro atoms. The molecule has 14 heavy (non-hydrogen) atoms. The number of rotatable bonds is 1. The van der Waals surface area contributed by atoms with Crippen molar-refractivity contribution in [1.82, 2.24) is 4.98 Å². The van der Waals surface area contributed by atoms with Crippen LogP contribution in [0.3, 0.4) is 0 Å². The second-order valence-electron chi connectivity index (χ2n) is 3.19. The van der Waals surface area contributed by atoms with Gasteiger partial charge in [-0.15, -0.1) is 0 Å². The SMILES string of the molecule is COc1[c]cc2c(n1)CCC(=O)N2C. The number of ether oxygens (including phenoxy) is 1. The number of nitrogens with zero attached hydrogens (tertiary/aromatic N) is 2. The molecule has 1 aliphatic rings. The van der Waals surface area contributed by atoms with E-state index in [4.69, 9.17) is 4.74 Å². The van der Waals surface area contributed by atoms with Gasteiger partial charge in [-0.1, -0.05) is 0 Å². The van der Waals surface area contributed by atoms with Gasteiger partial charge in [0.2, 0.25) is 11.8 Å². The number of hydrogen-bond acceptors (Lipinski definition) is 3. The number of fused-ring (bicyclic) bond motifs is 1. The fourth-order valence-electron chi connectivity index (χ4n) is 1.53.